The summed E-state index contributed by atoms with van der Waals surface area (Å²) in [5, 5.41) is 3.45. The van der Waals surface area contributed by atoms with Crippen LogP contribution in [0.5, 0.6) is 0 Å². The summed E-state index contributed by atoms with van der Waals surface area (Å²) < 4.78 is 0. The van der Waals surface area contributed by atoms with Crippen LogP contribution in [0.2, 0.25) is 0 Å². The standard InChI is InChI=1S/C17H23NS2/c1-4-15-8-9-17(20-15)11-14(18-3)12-19-16-7-5-6-13(2)10-16/h5-10,14,18H,4,11-12H2,1-3H3. The molecule has 3 heteroatoms. The highest BCUT2D eigenvalue weighted by molar-refractivity contribution is 7.99. The topological polar surface area (TPSA) is 12.0 Å². The Balaban J connectivity index is 1.89. The molecule has 0 bridgehead atoms. The molecule has 1 unspecified atom stereocenters. The van der Waals surface area contributed by atoms with E-state index in [0.717, 1.165) is 18.6 Å². The SMILES string of the molecule is CCc1ccc(CC(CSc2cccc(C)c2)NC)s1. The van der Waals surface area contributed by atoms with Gasteiger partial charge < -0.3 is 5.32 Å². The van der Waals surface area contributed by atoms with Crippen LogP contribution in [0, 0.1) is 6.92 Å². The van der Waals surface area contributed by atoms with Crippen molar-refractivity contribution < 1.29 is 0 Å². The number of thiophene rings is 1. The van der Waals surface area contributed by atoms with Gasteiger partial charge in [-0.05, 0) is 51.1 Å². The first kappa shape index (κ1) is 15.6. The summed E-state index contributed by atoms with van der Waals surface area (Å²) in [4.78, 5) is 4.35. The molecule has 0 spiro atoms. The average Bonchev–Trinajstić information content (AvgIpc) is 2.91. The van der Waals surface area contributed by atoms with Crippen molar-refractivity contribution in [1.82, 2.24) is 5.32 Å². The van der Waals surface area contributed by atoms with Gasteiger partial charge in [0, 0.05) is 26.4 Å². The lowest BCUT2D eigenvalue weighted by molar-refractivity contribution is 0.622. The highest BCUT2D eigenvalue weighted by Crippen LogP contribution is 2.23. The van der Waals surface area contributed by atoms with Gasteiger partial charge in [0.1, 0.15) is 0 Å². The number of rotatable bonds is 7. The lowest BCUT2D eigenvalue weighted by Gasteiger charge is -2.15. The zero-order valence-electron chi connectivity index (χ0n) is 12.5. The molecule has 1 atom stereocenters. The van der Waals surface area contributed by atoms with E-state index < -0.39 is 0 Å². The summed E-state index contributed by atoms with van der Waals surface area (Å²) in [6.45, 7) is 4.37. The van der Waals surface area contributed by atoms with Crippen LogP contribution >= 0.6 is 23.1 Å². The molecule has 1 heterocycles. The number of likely N-dealkylation sites (N-methyl/N-ethyl adjacent to an activating group) is 1. The van der Waals surface area contributed by atoms with Gasteiger partial charge in [0.15, 0.2) is 0 Å². The molecule has 2 rings (SSSR count). The van der Waals surface area contributed by atoms with Gasteiger partial charge in [0.2, 0.25) is 0 Å². The van der Waals surface area contributed by atoms with Crippen molar-refractivity contribution in [2.75, 3.05) is 12.8 Å². The van der Waals surface area contributed by atoms with E-state index >= 15 is 0 Å². The molecule has 1 nitrogen and oxygen atoms in total. The smallest absolute Gasteiger partial charge is 0.0206 e. The zero-order valence-corrected chi connectivity index (χ0v) is 14.1. The maximum atomic E-state index is 3.45. The predicted molar refractivity (Wildman–Crippen MR) is 92.2 cm³/mol. The summed E-state index contributed by atoms with van der Waals surface area (Å²) in [6, 6.07) is 13.8. The number of hydrogen-bond donors (Lipinski definition) is 1. The van der Waals surface area contributed by atoms with Gasteiger partial charge in [0.25, 0.3) is 0 Å². The van der Waals surface area contributed by atoms with Crippen LogP contribution in [0.3, 0.4) is 0 Å². The second-order valence-corrected chi connectivity index (χ2v) is 7.39. The molecule has 0 aliphatic heterocycles. The van der Waals surface area contributed by atoms with Gasteiger partial charge in [-0.1, -0.05) is 24.6 Å². The fourth-order valence-electron chi connectivity index (χ4n) is 2.11. The molecule has 1 aromatic heterocycles. The van der Waals surface area contributed by atoms with Crippen LogP contribution in [0.15, 0.2) is 41.3 Å². The Morgan fingerprint density at radius 2 is 2.00 bits per heavy atom. The van der Waals surface area contributed by atoms with Crippen molar-refractivity contribution in [2.45, 2.75) is 37.6 Å². The third kappa shape index (κ3) is 4.65. The number of benzene rings is 1. The Morgan fingerprint density at radius 3 is 2.65 bits per heavy atom. The van der Waals surface area contributed by atoms with E-state index in [1.54, 1.807) is 0 Å². The molecule has 1 aromatic carbocycles. The summed E-state index contributed by atoms with van der Waals surface area (Å²) in [5.41, 5.74) is 1.34. The molecular weight excluding hydrogens is 282 g/mol. The maximum absolute atomic E-state index is 3.45. The number of hydrogen-bond acceptors (Lipinski definition) is 3. The summed E-state index contributed by atoms with van der Waals surface area (Å²) in [5.74, 6) is 1.11. The lowest BCUT2D eigenvalue weighted by Crippen LogP contribution is -2.29. The minimum absolute atomic E-state index is 0.531. The van der Waals surface area contributed by atoms with Crippen molar-refractivity contribution in [3.8, 4) is 0 Å². The van der Waals surface area contributed by atoms with Crippen LogP contribution in [0.1, 0.15) is 22.2 Å². The van der Waals surface area contributed by atoms with E-state index in [1.165, 1.54) is 20.2 Å². The average molecular weight is 306 g/mol. The first-order chi connectivity index (χ1) is 9.71. The molecule has 0 radical (unpaired) electrons. The van der Waals surface area contributed by atoms with Crippen molar-refractivity contribution in [3.63, 3.8) is 0 Å². The van der Waals surface area contributed by atoms with E-state index in [-0.39, 0.29) is 0 Å². The first-order valence-corrected chi connectivity index (χ1v) is 8.95. The zero-order chi connectivity index (χ0) is 14.4. The van der Waals surface area contributed by atoms with E-state index in [4.69, 9.17) is 0 Å². The molecule has 0 aliphatic carbocycles. The van der Waals surface area contributed by atoms with Gasteiger partial charge in [-0.3, -0.25) is 0 Å². The largest absolute Gasteiger partial charge is 0.316 e. The summed E-state index contributed by atoms with van der Waals surface area (Å²) in [6.07, 6.45) is 2.27. The van der Waals surface area contributed by atoms with E-state index in [1.807, 2.05) is 23.1 Å². The fraction of sp³-hybridized carbons (Fsp3) is 0.412. The normalized spacial score (nSPS) is 12.6. The molecular formula is C17H23NS2. The Morgan fingerprint density at radius 1 is 1.20 bits per heavy atom. The predicted octanol–water partition coefficient (Wildman–Crippen LogP) is 4.54. The molecule has 1 N–H and O–H groups in total. The maximum Gasteiger partial charge on any atom is 0.0206 e. The van der Waals surface area contributed by atoms with Crippen LogP contribution in [0.4, 0.5) is 0 Å². The van der Waals surface area contributed by atoms with E-state index in [0.29, 0.717) is 6.04 Å². The molecule has 0 aliphatic rings. The monoisotopic (exact) mass is 305 g/mol. The molecule has 20 heavy (non-hydrogen) atoms. The molecule has 108 valence electrons. The molecule has 0 fully saturated rings. The molecule has 0 amide bonds. The van der Waals surface area contributed by atoms with Gasteiger partial charge >= 0.3 is 0 Å². The van der Waals surface area contributed by atoms with Gasteiger partial charge in [0.05, 0.1) is 0 Å². The van der Waals surface area contributed by atoms with Crippen LogP contribution in [-0.4, -0.2) is 18.8 Å². The van der Waals surface area contributed by atoms with Crippen LogP contribution < -0.4 is 5.32 Å². The minimum atomic E-state index is 0.531. The van der Waals surface area contributed by atoms with Crippen molar-refractivity contribution in [1.29, 1.82) is 0 Å². The quantitative estimate of drug-likeness (QED) is 0.754. The second-order valence-electron chi connectivity index (χ2n) is 5.04. The van der Waals surface area contributed by atoms with Crippen LogP contribution in [-0.2, 0) is 12.8 Å². The van der Waals surface area contributed by atoms with Gasteiger partial charge in [-0.2, -0.15) is 0 Å². The highest BCUT2D eigenvalue weighted by atomic mass is 32.2. The first-order valence-electron chi connectivity index (χ1n) is 7.15. The molecule has 0 saturated heterocycles. The second kappa shape index (κ2) is 7.87. The molecule has 2 aromatic rings. The van der Waals surface area contributed by atoms with Crippen molar-refractivity contribution in [3.05, 3.63) is 51.7 Å². The summed E-state index contributed by atoms with van der Waals surface area (Å²) >= 11 is 3.89. The van der Waals surface area contributed by atoms with E-state index in [9.17, 15) is 0 Å². The Bertz CT molecular complexity index is 533. The van der Waals surface area contributed by atoms with Crippen molar-refractivity contribution >= 4 is 23.1 Å². The lowest BCUT2D eigenvalue weighted by atomic mass is 10.2. The third-order valence-corrected chi connectivity index (χ3v) is 5.77. The Hall–Kier alpha value is -0.770. The van der Waals surface area contributed by atoms with E-state index in [2.05, 4.69) is 62.6 Å². The van der Waals surface area contributed by atoms with Crippen LogP contribution in [0.25, 0.3) is 0 Å². The van der Waals surface area contributed by atoms with Gasteiger partial charge in [-0.25, -0.2) is 0 Å². The minimum Gasteiger partial charge on any atom is -0.316 e. The third-order valence-electron chi connectivity index (χ3n) is 3.36. The van der Waals surface area contributed by atoms with Gasteiger partial charge in [-0.15, -0.1) is 23.1 Å². The van der Waals surface area contributed by atoms with Crippen molar-refractivity contribution in [2.24, 2.45) is 0 Å². The number of aryl methyl sites for hydroxylation is 2. The Labute approximate surface area is 130 Å². The number of thioether (sulfide) groups is 1. The Kier molecular flexibility index (Phi) is 6.14. The fourth-order valence-corrected chi connectivity index (χ4v) is 4.27. The molecule has 0 saturated carbocycles. The number of nitrogens with one attached hydrogen (secondary N) is 1. The highest BCUT2D eigenvalue weighted by Gasteiger charge is 2.10. The summed E-state index contributed by atoms with van der Waals surface area (Å²) in [7, 11) is 2.07.